The highest BCUT2D eigenvalue weighted by molar-refractivity contribution is 7.94. The summed E-state index contributed by atoms with van der Waals surface area (Å²) in [6.45, 7) is 0. The highest BCUT2D eigenvalue weighted by Gasteiger charge is 2.25. The number of rotatable bonds is 2. The Bertz CT molecular complexity index is 546. The van der Waals surface area contributed by atoms with Gasteiger partial charge in [-0.1, -0.05) is 0 Å². The number of anilines is 1. The van der Waals surface area contributed by atoms with Gasteiger partial charge in [0.25, 0.3) is 5.91 Å². The Balaban J connectivity index is 2.05. The van der Waals surface area contributed by atoms with E-state index in [-0.39, 0.29) is 17.3 Å². The van der Waals surface area contributed by atoms with Crippen LogP contribution in [0.3, 0.4) is 0 Å². The van der Waals surface area contributed by atoms with Crippen LogP contribution in [0.15, 0.2) is 16.1 Å². The van der Waals surface area contributed by atoms with Crippen molar-refractivity contribution >= 4 is 21.6 Å². The van der Waals surface area contributed by atoms with Gasteiger partial charge in [-0.15, -0.1) is 0 Å². The molecule has 16 heavy (non-hydrogen) atoms. The molecule has 2 heterocycles. The third-order valence-electron chi connectivity index (χ3n) is 1.98. The molecule has 86 valence electrons. The van der Waals surface area contributed by atoms with E-state index < -0.39 is 21.8 Å². The number of hydrogen-bond acceptors (Lipinski definition) is 7. The van der Waals surface area contributed by atoms with Gasteiger partial charge < -0.3 is 11.1 Å². The Morgan fingerprint density at radius 3 is 2.81 bits per heavy atom. The second-order valence-corrected chi connectivity index (χ2v) is 5.17. The SMILES string of the molecule is Nc1nonc1C(=O)NC1C=CS(=O)(=O)C1. The van der Waals surface area contributed by atoms with Gasteiger partial charge in [0.05, 0.1) is 11.8 Å². The van der Waals surface area contributed by atoms with Crippen LogP contribution < -0.4 is 11.1 Å². The van der Waals surface area contributed by atoms with Crippen LogP contribution in [0.4, 0.5) is 5.82 Å². The minimum absolute atomic E-state index is 0.137. The standard InChI is InChI=1S/C7H8N4O4S/c8-6-5(10-15-11-6)7(12)9-4-1-2-16(13,14)3-4/h1-2,4H,3H2,(H2,8,11)(H,9,12). The van der Waals surface area contributed by atoms with E-state index in [4.69, 9.17) is 5.73 Å². The van der Waals surface area contributed by atoms with Gasteiger partial charge in [0.1, 0.15) is 0 Å². The molecule has 1 aliphatic rings. The zero-order valence-corrected chi connectivity index (χ0v) is 8.77. The van der Waals surface area contributed by atoms with Crippen molar-refractivity contribution in [1.29, 1.82) is 0 Å². The van der Waals surface area contributed by atoms with Crippen LogP contribution in [-0.4, -0.2) is 36.4 Å². The fraction of sp³-hybridized carbons (Fsp3) is 0.286. The molecule has 0 aromatic carbocycles. The zero-order valence-electron chi connectivity index (χ0n) is 7.95. The highest BCUT2D eigenvalue weighted by atomic mass is 32.2. The fourth-order valence-electron chi connectivity index (χ4n) is 1.26. The highest BCUT2D eigenvalue weighted by Crippen LogP contribution is 2.10. The lowest BCUT2D eigenvalue weighted by atomic mass is 10.3. The molecular weight excluding hydrogens is 236 g/mol. The molecule has 9 heteroatoms. The Morgan fingerprint density at radius 1 is 1.56 bits per heavy atom. The summed E-state index contributed by atoms with van der Waals surface area (Å²) in [6, 6.07) is -0.575. The van der Waals surface area contributed by atoms with E-state index in [1.807, 2.05) is 0 Å². The molecule has 1 aromatic heterocycles. The van der Waals surface area contributed by atoms with Gasteiger partial charge in [0, 0.05) is 5.41 Å². The fourth-order valence-corrected chi connectivity index (χ4v) is 2.49. The lowest BCUT2D eigenvalue weighted by molar-refractivity contribution is 0.0938. The Hall–Kier alpha value is -1.90. The molecule has 0 saturated heterocycles. The number of nitrogens with one attached hydrogen (secondary N) is 1. The Labute approximate surface area is 90.4 Å². The van der Waals surface area contributed by atoms with E-state index in [1.165, 1.54) is 6.08 Å². The molecule has 0 spiro atoms. The van der Waals surface area contributed by atoms with E-state index in [2.05, 4.69) is 20.3 Å². The lowest BCUT2D eigenvalue weighted by Gasteiger charge is -2.07. The van der Waals surface area contributed by atoms with Crippen LogP contribution in [0.25, 0.3) is 0 Å². The van der Waals surface area contributed by atoms with Gasteiger partial charge in [-0.3, -0.25) is 4.79 Å². The summed E-state index contributed by atoms with van der Waals surface area (Å²) < 4.78 is 26.4. The number of nitrogen functional groups attached to an aromatic ring is 1. The number of nitrogens with zero attached hydrogens (tertiary/aromatic N) is 2. The third-order valence-corrected chi connectivity index (χ3v) is 3.37. The summed E-state index contributed by atoms with van der Waals surface area (Å²) in [5, 5.41) is 10.0. The molecule has 1 aliphatic heterocycles. The number of nitrogens with two attached hydrogens (primary N) is 1. The van der Waals surface area contributed by atoms with Gasteiger partial charge >= 0.3 is 0 Å². The summed E-state index contributed by atoms with van der Waals surface area (Å²) in [6.07, 6.45) is 1.39. The van der Waals surface area contributed by atoms with Gasteiger partial charge in [0.2, 0.25) is 11.5 Å². The average molecular weight is 244 g/mol. The van der Waals surface area contributed by atoms with Crippen molar-refractivity contribution in [3.8, 4) is 0 Å². The van der Waals surface area contributed by atoms with Crippen molar-refractivity contribution in [2.45, 2.75) is 6.04 Å². The van der Waals surface area contributed by atoms with Gasteiger partial charge in [-0.05, 0) is 16.4 Å². The van der Waals surface area contributed by atoms with Gasteiger partial charge in [-0.25, -0.2) is 13.0 Å². The number of aromatic nitrogens is 2. The second kappa shape index (κ2) is 3.59. The molecule has 0 bridgehead atoms. The predicted molar refractivity (Wildman–Crippen MR) is 52.9 cm³/mol. The monoisotopic (exact) mass is 244 g/mol. The molecule has 0 saturated carbocycles. The molecule has 0 aliphatic carbocycles. The van der Waals surface area contributed by atoms with E-state index in [9.17, 15) is 13.2 Å². The maximum atomic E-state index is 11.5. The first-order valence-electron chi connectivity index (χ1n) is 4.28. The van der Waals surface area contributed by atoms with Crippen molar-refractivity contribution in [1.82, 2.24) is 15.6 Å². The minimum atomic E-state index is -3.21. The molecule has 1 unspecified atom stereocenters. The Morgan fingerprint density at radius 2 is 2.31 bits per heavy atom. The van der Waals surface area contributed by atoms with Crippen molar-refractivity contribution in [3.05, 3.63) is 17.2 Å². The van der Waals surface area contributed by atoms with Crippen LogP contribution in [0.1, 0.15) is 10.5 Å². The third kappa shape index (κ3) is 2.03. The number of carbonyl (C=O) groups is 1. The van der Waals surface area contributed by atoms with Gasteiger partial charge in [-0.2, -0.15) is 0 Å². The maximum Gasteiger partial charge on any atom is 0.277 e. The molecular formula is C7H8N4O4S. The first kappa shape index (κ1) is 10.6. The minimum Gasteiger partial charge on any atom is -0.379 e. The first-order chi connectivity index (χ1) is 7.48. The Kier molecular flexibility index (Phi) is 2.38. The van der Waals surface area contributed by atoms with Crippen molar-refractivity contribution < 1.29 is 17.8 Å². The van der Waals surface area contributed by atoms with E-state index in [0.717, 1.165) is 5.41 Å². The summed E-state index contributed by atoms with van der Waals surface area (Å²) in [7, 11) is -3.21. The normalized spacial score (nSPS) is 22.1. The zero-order chi connectivity index (χ0) is 11.8. The quantitative estimate of drug-likeness (QED) is 0.661. The molecule has 8 nitrogen and oxygen atoms in total. The summed E-state index contributed by atoms with van der Waals surface area (Å²) in [4.78, 5) is 11.5. The predicted octanol–water partition coefficient (Wildman–Crippen LogP) is -1.31. The summed E-state index contributed by atoms with van der Waals surface area (Å²) in [5.74, 6) is -0.919. The van der Waals surface area contributed by atoms with Crippen LogP contribution in [0.5, 0.6) is 0 Å². The summed E-state index contributed by atoms with van der Waals surface area (Å²) in [5.41, 5.74) is 5.15. The topological polar surface area (TPSA) is 128 Å². The number of sulfone groups is 1. The van der Waals surface area contributed by atoms with Crippen molar-refractivity contribution in [2.75, 3.05) is 11.5 Å². The smallest absolute Gasteiger partial charge is 0.277 e. The van der Waals surface area contributed by atoms with Crippen molar-refractivity contribution in [3.63, 3.8) is 0 Å². The van der Waals surface area contributed by atoms with E-state index in [1.54, 1.807) is 0 Å². The molecule has 0 fully saturated rings. The largest absolute Gasteiger partial charge is 0.379 e. The second-order valence-electron chi connectivity index (χ2n) is 3.24. The lowest BCUT2D eigenvalue weighted by Crippen LogP contribution is -2.36. The molecule has 1 amide bonds. The molecule has 2 rings (SSSR count). The molecule has 3 N–H and O–H groups in total. The first-order valence-corrected chi connectivity index (χ1v) is 5.99. The molecule has 1 aromatic rings. The van der Waals surface area contributed by atoms with E-state index in [0.29, 0.717) is 0 Å². The van der Waals surface area contributed by atoms with E-state index >= 15 is 0 Å². The summed E-state index contributed by atoms with van der Waals surface area (Å²) >= 11 is 0. The van der Waals surface area contributed by atoms with Crippen LogP contribution >= 0.6 is 0 Å². The number of hydrogen-bond donors (Lipinski definition) is 2. The average Bonchev–Trinajstić information content (AvgIpc) is 2.72. The number of amides is 1. The molecule has 1 atom stereocenters. The number of carbonyl (C=O) groups excluding carboxylic acids is 1. The van der Waals surface area contributed by atoms with Gasteiger partial charge in [0.15, 0.2) is 9.84 Å². The maximum absolute atomic E-state index is 11.5. The van der Waals surface area contributed by atoms with Crippen molar-refractivity contribution in [2.24, 2.45) is 0 Å². The van der Waals surface area contributed by atoms with Crippen LogP contribution in [0, 0.1) is 0 Å². The molecule has 0 radical (unpaired) electrons. The van der Waals surface area contributed by atoms with Crippen LogP contribution in [0.2, 0.25) is 0 Å². The van der Waals surface area contributed by atoms with Crippen LogP contribution in [-0.2, 0) is 9.84 Å².